The summed E-state index contributed by atoms with van der Waals surface area (Å²) in [6.45, 7) is 9.27. The van der Waals surface area contributed by atoms with Gasteiger partial charge in [0.15, 0.2) is 0 Å². The van der Waals surface area contributed by atoms with E-state index in [9.17, 15) is 17.6 Å². The lowest BCUT2D eigenvalue weighted by molar-refractivity contribution is 0.0245. The topological polar surface area (TPSA) is 111 Å². The third kappa shape index (κ3) is 16.6. The van der Waals surface area contributed by atoms with Crippen molar-refractivity contribution in [3.8, 4) is 16.9 Å². The number of rotatable bonds is 30. The van der Waals surface area contributed by atoms with Crippen molar-refractivity contribution in [2.24, 2.45) is 5.14 Å². The third-order valence-electron chi connectivity index (χ3n) is 15.5. The Morgan fingerprint density at radius 2 is 0.919 bits per heavy atom. The molecule has 86 heavy (non-hydrogen) atoms. The van der Waals surface area contributed by atoms with Crippen molar-refractivity contribution in [2.45, 2.75) is 92.1 Å². The van der Waals surface area contributed by atoms with E-state index in [4.69, 9.17) is 15.0 Å². The number of ether oxygens (including phenoxy) is 1. The number of sulfonamides is 1. The van der Waals surface area contributed by atoms with Crippen LogP contribution in [0.5, 0.6) is 0 Å². The van der Waals surface area contributed by atoms with Gasteiger partial charge in [0.05, 0.1) is 31.5 Å². The number of hydrogen-bond donors (Lipinski definition) is 1. The normalized spacial score (nSPS) is 12.1. The van der Waals surface area contributed by atoms with Crippen LogP contribution in [0.4, 0.5) is 9.18 Å². The second-order valence-electron chi connectivity index (χ2n) is 22.8. The highest BCUT2D eigenvalue weighted by Crippen LogP contribution is 2.50. The molecule has 0 aliphatic heterocycles. The van der Waals surface area contributed by atoms with Crippen molar-refractivity contribution in [2.75, 3.05) is 44.2 Å². The zero-order valence-electron chi connectivity index (χ0n) is 49.7. The number of amides is 1. The number of carbonyl (C=O) groups is 1. The minimum atomic E-state index is -3.85. The molecule has 1 amide bonds. The zero-order valence-corrected chi connectivity index (χ0v) is 52.2. The van der Waals surface area contributed by atoms with E-state index < -0.39 is 25.1 Å². The quantitative estimate of drug-likeness (QED) is 0.0350. The summed E-state index contributed by atoms with van der Waals surface area (Å²) in [5.74, 6) is 1.20. The molecule has 8 aromatic carbocycles. The highest BCUT2D eigenvalue weighted by atomic mass is 32.2. The number of aryl methyl sites for hydroxylation is 1. The molecule has 13 heteroatoms. The molecule has 1 aromatic heterocycles. The summed E-state index contributed by atoms with van der Waals surface area (Å²) in [6, 6.07) is 79.5. The molecule has 9 rings (SSSR count). The number of thioether (sulfide) groups is 2. The van der Waals surface area contributed by atoms with E-state index in [0.29, 0.717) is 31.1 Å². The molecule has 0 saturated carbocycles. The predicted octanol–water partition coefficient (Wildman–Crippen LogP) is 16.6. The Kier molecular flexibility index (Phi) is 22.3. The lowest BCUT2D eigenvalue weighted by Crippen LogP contribution is -2.43. The number of unbranched alkanes of at least 4 members (excludes halogenated alkanes) is 6. The molecule has 2 N–H and O–H groups in total. The summed E-state index contributed by atoms with van der Waals surface area (Å²) in [5.41, 5.74) is 9.80. The van der Waals surface area contributed by atoms with Crippen molar-refractivity contribution >= 4 is 39.6 Å². The molecule has 0 radical (unpaired) electrons. The molecule has 9 aromatic rings. The van der Waals surface area contributed by atoms with Gasteiger partial charge in [-0.25, -0.2) is 27.4 Å². The van der Waals surface area contributed by atoms with Crippen LogP contribution in [-0.2, 0) is 30.7 Å². The Balaban J connectivity index is 0.887. The second-order valence-corrected chi connectivity index (χ2v) is 26.9. The first kappa shape index (κ1) is 63.2. The van der Waals surface area contributed by atoms with Crippen molar-refractivity contribution in [1.82, 2.24) is 19.6 Å². The number of aromatic nitrogens is 2. The van der Waals surface area contributed by atoms with Gasteiger partial charge in [0.2, 0.25) is 10.0 Å². The maximum atomic E-state index is 14.5. The van der Waals surface area contributed by atoms with Crippen LogP contribution in [0.2, 0.25) is 0 Å². The molecule has 1 heterocycles. The number of nitrogens with zero attached hydrogens (tertiary/aromatic N) is 4. The number of nitrogens with two attached hydrogens (primary N) is 1. The first-order valence-corrected chi connectivity index (χ1v) is 33.5. The molecule has 0 aliphatic rings. The second kappa shape index (κ2) is 30.4. The molecule has 0 spiro atoms. The smallest absolute Gasteiger partial charge is 0.410 e. The Labute approximate surface area is 518 Å². The van der Waals surface area contributed by atoms with Crippen LogP contribution < -0.4 is 5.14 Å². The van der Waals surface area contributed by atoms with Crippen LogP contribution in [0.15, 0.2) is 241 Å². The Morgan fingerprint density at radius 1 is 0.512 bits per heavy atom. The molecule has 9 nitrogen and oxygen atoms in total. The van der Waals surface area contributed by atoms with Crippen LogP contribution >= 0.6 is 23.5 Å². The van der Waals surface area contributed by atoms with Crippen LogP contribution in [0.3, 0.4) is 0 Å². The van der Waals surface area contributed by atoms with E-state index in [0.717, 1.165) is 87.2 Å². The molecule has 0 unspecified atom stereocenters. The van der Waals surface area contributed by atoms with Gasteiger partial charge in [0, 0.05) is 43.2 Å². The fourth-order valence-corrected chi connectivity index (χ4v) is 14.9. The molecule has 0 bridgehead atoms. The van der Waals surface area contributed by atoms with Crippen LogP contribution in [0, 0.1) is 5.82 Å². The van der Waals surface area contributed by atoms with Gasteiger partial charge in [-0.3, -0.25) is 0 Å². The van der Waals surface area contributed by atoms with E-state index in [1.165, 1.54) is 57.6 Å². The van der Waals surface area contributed by atoms with E-state index >= 15 is 0 Å². The number of carbonyl (C=O) groups excluding carboxylic acids is 1. The standard InChI is InChI=1S/C73H80FN5O4S3/c1-71(2,3)83-70(80)78(54-56-85-73(62-35-21-12-22-36-62,63-37-23-13-24-38-63)64-39-25-14-26-40-64)52-51-77(53-55-84-72(59-29-15-9-16-30-59,60-31-17-10-18-32-60)61-33-19-11-20-34-61)50-28-8-6-4-5-7-27-41-66-57-69(58-42-44-65(74)45-43-58)79(76-66)67-46-48-68(49-47-67)86(75,81)82/h9-26,29-40,42-49,57H,4-8,27-28,41,50-56H2,1-3H3,(H2,75,81,82). The SMILES string of the molecule is CC(C)(C)OC(=O)N(CCSC(c1ccccc1)(c1ccccc1)c1ccccc1)CCN(CCCCCCCCCc1cc(-c2ccc(F)cc2)n(-c2ccc(S(N)(=O)=O)cc2)n1)CCSC(c1ccccc1)(c1ccccc1)c1ccccc1. The fourth-order valence-electron chi connectivity index (χ4n) is 11.3. The van der Waals surface area contributed by atoms with Crippen molar-refractivity contribution in [3.05, 3.63) is 281 Å². The summed E-state index contributed by atoms with van der Waals surface area (Å²) in [4.78, 5) is 19.0. The lowest BCUT2D eigenvalue weighted by Gasteiger charge is -2.37. The van der Waals surface area contributed by atoms with Gasteiger partial charge in [-0.2, -0.15) is 5.10 Å². The van der Waals surface area contributed by atoms with Crippen molar-refractivity contribution < 1.29 is 22.3 Å². The summed E-state index contributed by atoms with van der Waals surface area (Å²) in [7, 11) is -3.85. The fraction of sp³-hybridized carbons (Fsp3) is 0.288. The summed E-state index contributed by atoms with van der Waals surface area (Å²) < 4.78 is 45.0. The lowest BCUT2D eigenvalue weighted by atomic mass is 9.84. The number of primary sulfonamides is 1. The van der Waals surface area contributed by atoms with Crippen LogP contribution in [0.25, 0.3) is 16.9 Å². The Bertz CT molecular complexity index is 3400. The average molecular weight is 1210 g/mol. The van der Waals surface area contributed by atoms with Gasteiger partial charge in [-0.05, 0) is 135 Å². The minimum Gasteiger partial charge on any atom is -0.444 e. The predicted molar refractivity (Wildman–Crippen MR) is 354 cm³/mol. The first-order valence-electron chi connectivity index (χ1n) is 30.0. The largest absolute Gasteiger partial charge is 0.444 e. The maximum absolute atomic E-state index is 14.5. The van der Waals surface area contributed by atoms with Crippen molar-refractivity contribution in [3.63, 3.8) is 0 Å². The van der Waals surface area contributed by atoms with E-state index in [1.54, 1.807) is 28.9 Å². The number of hydrogen-bond acceptors (Lipinski definition) is 8. The molecule has 0 atom stereocenters. The van der Waals surface area contributed by atoms with Crippen molar-refractivity contribution in [1.29, 1.82) is 0 Å². The van der Waals surface area contributed by atoms with Crippen LogP contribution in [-0.4, -0.2) is 83.9 Å². The van der Waals surface area contributed by atoms with Gasteiger partial charge in [-0.1, -0.05) is 214 Å². The summed E-state index contributed by atoms with van der Waals surface area (Å²) in [5, 5.41) is 10.3. The number of halogens is 1. The third-order valence-corrected chi connectivity index (χ3v) is 19.5. The monoisotopic (exact) mass is 1210 g/mol. The van der Waals surface area contributed by atoms with Gasteiger partial charge in [-0.15, -0.1) is 23.5 Å². The minimum absolute atomic E-state index is 0.0229. The van der Waals surface area contributed by atoms with E-state index in [1.807, 2.05) is 55.3 Å². The highest BCUT2D eigenvalue weighted by molar-refractivity contribution is 8.00. The molecular formula is C73H80FN5O4S3. The average Bonchev–Trinajstić information content (AvgIpc) is 2.75. The molecule has 0 saturated heterocycles. The molecule has 0 aliphatic carbocycles. The zero-order chi connectivity index (χ0) is 60.2. The molecule has 0 fully saturated rings. The maximum Gasteiger partial charge on any atom is 0.410 e. The summed E-state index contributed by atoms with van der Waals surface area (Å²) >= 11 is 3.84. The van der Waals surface area contributed by atoms with Gasteiger partial charge in [0.25, 0.3) is 0 Å². The summed E-state index contributed by atoms with van der Waals surface area (Å²) in [6.07, 6.45) is 7.96. The van der Waals surface area contributed by atoms with Gasteiger partial charge >= 0.3 is 6.09 Å². The Hall–Kier alpha value is -7.26. The first-order chi connectivity index (χ1) is 41.7. The molecule has 446 valence electrons. The van der Waals surface area contributed by atoms with Crippen LogP contribution in [0.1, 0.15) is 105 Å². The van der Waals surface area contributed by atoms with E-state index in [-0.39, 0.29) is 16.8 Å². The highest BCUT2D eigenvalue weighted by Gasteiger charge is 2.39. The van der Waals surface area contributed by atoms with E-state index in [2.05, 4.69) is 187 Å². The number of benzene rings is 8. The molecular weight excluding hydrogens is 1130 g/mol. The van der Waals surface area contributed by atoms with Gasteiger partial charge in [0.1, 0.15) is 11.4 Å². The Morgan fingerprint density at radius 3 is 1.34 bits per heavy atom. The van der Waals surface area contributed by atoms with Gasteiger partial charge < -0.3 is 14.5 Å².